The third kappa shape index (κ3) is 1.35. The second kappa shape index (κ2) is 2.92. The number of hydrogen-bond donors (Lipinski definition) is 1. The van der Waals surface area contributed by atoms with E-state index >= 15 is 0 Å². The topological polar surface area (TPSA) is 46.3 Å². The van der Waals surface area contributed by atoms with Gasteiger partial charge in [-0.1, -0.05) is 11.6 Å². The lowest BCUT2D eigenvalue weighted by Crippen LogP contribution is -2.43. The van der Waals surface area contributed by atoms with Gasteiger partial charge in [-0.25, -0.2) is 0 Å². The van der Waals surface area contributed by atoms with Crippen LogP contribution in [0.2, 0.25) is 5.02 Å². The first-order valence-corrected chi connectivity index (χ1v) is 4.41. The van der Waals surface area contributed by atoms with Crippen molar-refractivity contribution in [3.63, 3.8) is 0 Å². The lowest BCUT2D eigenvalue weighted by molar-refractivity contribution is -0.122. The summed E-state index contributed by atoms with van der Waals surface area (Å²) in [5.74, 6) is 0.140. The standard InChI is InChI=1S/C9H9ClN2O/c10-7-5-6(1-2-8(7)11)12-4-3-9(12)13/h1-2,5H,3-4,11H2. The molecule has 1 aromatic rings. The normalized spacial score (nSPS) is 15.8. The third-order valence-corrected chi connectivity index (χ3v) is 2.47. The molecule has 0 aromatic heterocycles. The number of benzene rings is 1. The number of carbonyl (C=O) groups excluding carboxylic acids is 1. The first-order chi connectivity index (χ1) is 6.18. The number of nitrogen functional groups attached to an aromatic ring is 1. The molecule has 0 radical (unpaired) electrons. The molecule has 1 amide bonds. The predicted molar refractivity (Wildman–Crippen MR) is 52.8 cm³/mol. The monoisotopic (exact) mass is 196 g/mol. The molecule has 2 rings (SSSR count). The van der Waals surface area contributed by atoms with Crippen molar-refractivity contribution in [2.24, 2.45) is 0 Å². The minimum Gasteiger partial charge on any atom is -0.398 e. The van der Waals surface area contributed by atoms with Crippen LogP contribution in [0.3, 0.4) is 0 Å². The number of anilines is 2. The van der Waals surface area contributed by atoms with E-state index in [9.17, 15) is 4.79 Å². The minimum atomic E-state index is 0.140. The summed E-state index contributed by atoms with van der Waals surface area (Å²) in [6.07, 6.45) is 0.627. The van der Waals surface area contributed by atoms with Crippen LogP contribution in [0.15, 0.2) is 18.2 Å². The molecule has 1 aromatic carbocycles. The van der Waals surface area contributed by atoms with Gasteiger partial charge in [0.1, 0.15) is 0 Å². The van der Waals surface area contributed by atoms with Crippen molar-refractivity contribution in [2.75, 3.05) is 17.2 Å². The highest BCUT2D eigenvalue weighted by Crippen LogP contribution is 2.28. The molecule has 3 nitrogen and oxygen atoms in total. The molecule has 1 fully saturated rings. The van der Waals surface area contributed by atoms with Gasteiger partial charge >= 0.3 is 0 Å². The van der Waals surface area contributed by atoms with Crippen LogP contribution in [0.25, 0.3) is 0 Å². The maximum Gasteiger partial charge on any atom is 0.228 e. The quantitative estimate of drug-likeness (QED) is 0.549. The van der Waals surface area contributed by atoms with Crippen molar-refractivity contribution in [3.8, 4) is 0 Å². The number of halogens is 1. The molecular formula is C9H9ClN2O. The molecule has 13 heavy (non-hydrogen) atoms. The van der Waals surface area contributed by atoms with Gasteiger partial charge in [0.2, 0.25) is 5.91 Å². The van der Waals surface area contributed by atoms with Crippen LogP contribution in [0.5, 0.6) is 0 Å². The average molecular weight is 197 g/mol. The van der Waals surface area contributed by atoms with Crippen LogP contribution in [-0.2, 0) is 4.79 Å². The zero-order chi connectivity index (χ0) is 9.42. The van der Waals surface area contributed by atoms with Gasteiger partial charge in [0.15, 0.2) is 0 Å². The van der Waals surface area contributed by atoms with Gasteiger partial charge in [-0.15, -0.1) is 0 Å². The summed E-state index contributed by atoms with van der Waals surface area (Å²) in [5, 5.41) is 0.497. The van der Waals surface area contributed by atoms with E-state index < -0.39 is 0 Å². The Labute approximate surface area is 81.1 Å². The van der Waals surface area contributed by atoms with Gasteiger partial charge in [0.05, 0.1) is 10.7 Å². The van der Waals surface area contributed by atoms with Crippen LogP contribution in [0, 0.1) is 0 Å². The van der Waals surface area contributed by atoms with Crippen molar-refractivity contribution in [1.82, 2.24) is 0 Å². The van der Waals surface area contributed by atoms with Crippen LogP contribution in [0.4, 0.5) is 11.4 Å². The maximum absolute atomic E-state index is 11.1. The van der Waals surface area contributed by atoms with Crippen molar-refractivity contribution in [2.45, 2.75) is 6.42 Å². The molecule has 1 aliphatic rings. The summed E-state index contributed by atoms with van der Waals surface area (Å²) in [7, 11) is 0. The highest BCUT2D eigenvalue weighted by molar-refractivity contribution is 6.33. The highest BCUT2D eigenvalue weighted by Gasteiger charge is 2.25. The number of nitrogens with zero attached hydrogens (tertiary/aromatic N) is 1. The second-order valence-electron chi connectivity index (χ2n) is 3.00. The van der Waals surface area contributed by atoms with E-state index in [0.717, 1.165) is 12.2 Å². The Morgan fingerprint density at radius 3 is 2.69 bits per heavy atom. The fourth-order valence-corrected chi connectivity index (χ4v) is 1.45. The molecule has 0 bridgehead atoms. The first-order valence-electron chi connectivity index (χ1n) is 4.04. The molecule has 0 saturated carbocycles. The number of rotatable bonds is 1. The van der Waals surface area contributed by atoms with Crippen molar-refractivity contribution >= 4 is 28.9 Å². The number of carbonyl (C=O) groups is 1. The van der Waals surface area contributed by atoms with E-state index in [2.05, 4.69) is 0 Å². The summed E-state index contributed by atoms with van der Waals surface area (Å²) in [4.78, 5) is 12.8. The van der Waals surface area contributed by atoms with Gasteiger partial charge < -0.3 is 10.6 Å². The third-order valence-electron chi connectivity index (χ3n) is 2.15. The SMILES string of the molecule is Nc1ccc(N2CCC2=O)cc1Cl. The van der Waals surface area contributed by atoms with Crippen LogP contribution in [0.1, 0.15) is 6.42 Å². The summed E-state index contributed by atoms with van der Waals surface area (Å²) in [6, 6.07) is 5.23. The van der Waals surface area contributed by atoms with Crippen LogP contribution >= 0.6 is 11.6 Å². The Balaban J connectivity index is 2.31. The molecule has 0 aliphatic carbocycles. The molecule has 1 saturated heterocycles. The Kier molecular flexibility index (Phi) is 1.88. The number of nitrogens with two attached hydrogens (primary N) is 1. The Morgan fingerprint density at radius 2 is 2.23 bits per heavy atom. The van der Waals surface area contributed by atoms with E-state index in [-0.39, 0.29) is 5.91 Å². The van der Waals surface area contributed by atoms with Crippen LogP contribution < -0.4 is 10.6 Å². The number of hydrogen-bond acceptors (Lipinski definition) is 2. The average Bonchev–Trinajstić information content (AvgIpc) is 2.09. The Hall–Kier alpha value is -1.22. The number of amides is 1. The van der Waals surface area contributed by atoms with E-state index in [1.54, 1.807) is 23.1 Å². The molecule has 1 heterocycles. The predicted octanol–water partition coefficient (Wildman–Crippen LogP) is 1.66. The fraction of sp³-hybridized carbons (Fsp3) is 0.222. The molecule has 0 unspecified atom stereocenters. The molecule has 0 atom stereocenters. The van der Waals surface area contributed by atoms with Gasteiger partial charge in [-0.2, -0.15) is 0 Å². The maximum atomic E-state index is 11.1. The molecule has 2 N–H and O–H groups in total. The molecule has 0 spiro atoms. The minimum absolute atomic E-state index is 0.140. The smallest absolute Gasteiger partial charge is 0.228 e. The van der Waals surface area contributed by atoms with Crippen LogP contribution in [-0.4, -0.2) is 12.5 Å². The van der Waals surface area contributed by atoms with E-state index in [1.807, 2.05) is 0 Å². The van der Waals surface area contributed by atoms with E-state index in [1.165, 1.54) is 0 Å². The highest BCUT2D eigenvalue weighted by atomic mass is 35.5. The lowest BCUT2D eigenvalue weighted by atomic mass is 10.1. The fourth-order valence-electron chi connectivity index (χ4n) is 1.27. The van der Waals surface area contributed by atoms with E-state index in [0.29, 0.717) is 17.1 Å². The summed E-state index contributed by atoms with van der Waals surface area (Å²) in [5.41, 5.74) is 6.92. The zero-order valence-electron chi connectivity index (χ0n) is 6.96. The largest absolute Gasteiger partial charge is 0.398 e. The van der Waals surface area contributed by atoms with Gasteiger partial charge in [-0.05, 0) is 18.2 Å². The summed E-state index contributed by atoms with van der Waals surface area (Å²) in [6.45, 7) is 0.777. The van der Waals surface area contributed by atoms with Crippen molar-refractivity contribution in [3.05, 3.63) is 23.2 Å². The van der Waals surface area contributed by atoms with Gasteiger partial charge in [0, 0.05) is 18.7 Å². The Bertz CT molecular complexity index is 365. The summed E-state index contributed by atoms with van der Waals surface area (Å²) < 4.78 is 0. The van der Waals surface area contributed by atoms with E-state index in [4.69, 9.17) is 17.3 Å². The second-order valence-corrected chi connectivity index (χ2v) is 3.41. The lowest BCUT2D eigenvalue weighted by Gasteiger charge is -2.30. The Morgan fingerprint density at radius 1 is 1.46 bits per heavy atom. The molecule has 1 aliphatic heterocycles. The molecule has 68 valence electrons. The number of β-lactam (4-membered cyclic amide) rings is 1. The van der Waals surface area contributed by atoms with Gasteiger partial charge in [0.25, 0.3) is 0 Å². The molecular weight excluding hydrogens is 188 g/mol. The first kappa shape index (κ1) is 8.38. The molecule has 4 heteroatoms. The zero-order valence-corrected chi connectivity index (χ0v) is 7.71. The van der Waals surface area contributed by atoms with Crippen molar-refractivity contribution in [1.29, 1.82) is 0 Å². The summed E-state index contributed by atoms with van der Waals surface area (Å²) >= 11 is 5.82. The van der Waals surface area contributed by atoms with Gasteiger partial charge in [-0.3, -0.25) is 4.79 Å². The van der Waals surface area contributed by atoms with Crippen molar-refractivity contribution < 1.29 is 4.79 Å².